The third-order valence-corrected chi connectivity index (χ3v) is 9.80. The van der Waals surface area contributed by atoms with Crippen LogP contribution in [-0.2, 0) is 27.4 Å². The van der Waals surface area contributed by atoms with Crippen molar-refractivity contribution in [2.24, 2.45) is 0 Å². The van der Waals surface area contributed by atoms with Crippen LogP contribution < -0.4 is 29.7 Å². The summed E-state index contributed by atoms with van der Waals surface area (Å²) >= 11 is 0. The van der Waals surface area contributed by atoms with Crippen LogP contribution in [0.2, 0.25) is 0 Å². The van der Waals surface area contributed by atoms with E-state index >= 15 is 0 Å². The summed E-state index contributed by atoms with van der Waals surface area (Å²) in [5, 5.41) is 7.38. The molecule has 0 spiro atoms. The molecule has 13 nitrogen and oxygen atoms in total. The van der Waals surface area contributed by atoms with Gasteiger partial charge in [0, 0.05) is 68.5 Å². The lowest BCUT2D eigenvalue weighted by molar-refractivity contribution is -0.114. The molecule has 0 bridgehead atoms. The maximum absolute atomic E-state index is 12.3. The van der Waals surface area contributed by atoms with Gasteiger partial charge >= 0.3 is 0 Å². The number of fused-ring (bicyclic) bond motifs is 1. The minimum atomic E-state index is -0.542. The van der Waals surface area contributed by atoms with Gasteiger partial charge in [0.25, 0.3) is 0 Å². The zero-order chi connectivity index (χ0) is 39.9. The minimum Gasteiger partial charge on any atom is -0.497 e. The van der Waals surface area contributed by atoms with Crippen molar-refractivity contribution in [1.82, 2.24) is 19.4 Å². The number of ether oxygens (including phenoxy) is 5. The molecule has 57 heavy (non-hydrogen) atoms. The fourth-order valence-corrected chi connectivity index (χ4v) is 6.89. The molecule has 1 aliphatic rings. The molecule has 0 saturated carbocycles. The predicted molar refractivity (Wildman–Crippen MR) is 223 cm³/mol. The molecule has 0 atom stereocenters. The number of carbonyl (C=O) groups excluding carboxylic acids is 1. The fourth-order valence-electron chi connectivity index (χ4n) is 6.89. The van der Waals surface area contributed by atoms with E-state index < -0.39 is 6.29 Å². The van der Waals surface area contributed by atoms with Crippen LogP contribution in [0.4, 0.5) is 23.0 Å². The number of hydrogen-bond acceptors (Lipinski definition) is 11. The Hall–Kier alpha value is -6.15. The number of hydrogen-bond donors (Lipinski definition) is 2. The van der Waals surface area contributed by atoms with E-state index in [1.807, 2.05) is 87.9 Å². The van der Waals surface area contributed by atoms with Gasteiger partial charge in [-0.15, -0.1) is 0 Å². The Labute approximate surface area is 333 Å². The van der Waals surface area contributed by atoms with E-state index in [0.717, 1.165) is 63.4 Å². The van der Waals surface area contributed by atoms with Gasteiger partial charge in [0.1, 0.15) is 23.9 Å². The highest BCUT2D eigenvalue weighted by molar-refractivity contribution is 5.96. The molecule has 296 valence electrons. The number of nitrogens with one attached hydrogen (secondary N) is 2. The summed E-state index contributed by atoms with van der Waals surface area (Å²) in [4.78, 5) is 26.0. The quantitative estimate of drug-likeness (QED) is 0.102. The maximum Gasteiger partial charge on any atom is 0.227 e. The minimum absolute atomic E-state index is 0.175. The summed E-state index contributed by atoms with van der Waals surface area (Å²) in [7, 11) is 9.32. The smallest absolute Gasteiger partial charge is 0.227 e. The van der Waals surface area contributed by atoms with Crippen molar-refractivity contribution in [3.8, 4) is 28.5 Å². The summed E-state index contributed by atoms with van der Waals surface area (Å²) in [6.07, 6.45) is 3.31. The molecular formula is C44H49N7O6. The predicted octanol–water partition coefficient (Wildman–Crippen LogP) is 7.49. The van der Waals surface area contributed by atoms with E-state index in [1.165, 1.54) is 6.92 Å². The van der Waals surface area contributed by atoms with E-state index in [4.69, 9.17) is 28.7 Å². The second-order valence-electron chi connectivity index (χ2n) is 14.1. The lowest BCUT2D eigenvalue weighted by atomic mass is 10.1. The van der Waals surface area contributed by atoms with Crippen LogP contribution in [0.15, 0.2) is 97.3 Å². The standard InChI is InChI=1S/C44H49N7O6/c1-29(52)46-36-24-37(41(54-6)25-39(36)50(4)21-20-49(2)3)48-44-45-19-18-35(47-44)34-27-51(38-12-8-7-11-33(34)38)26-31-10-9-13-40(42(31)43-55-22-23-56-43)57-28-30-14-16-32(53-5)17-15-30/h7-19,24-25,27,43H,20-23,26,28H2,1-6H3,(H,46,52)(H,45,47,48). The van der Waals surface area contributed by atoms with Crippen LogP contribution in [0, 0.1) is 0 Å². The van der Waals surface area contributed by atoms with Gasteiger partial charge < -0.3 is 48.7 Å². The van der Waals surface area contributed by atoms with Crippen molar-refractivity contribution in [3.63, 3.8) is 0 Å². The van der Waals surface area contributed by atoms with E-state index in [2.05, 4.69) is 54.4 Å². The lowest BCUT2D eigenvalue weighted by Gasteiger charge is -2.25. The second-order valence-corrected chi connectivity index (χ2v) is 14.1. The first-order chi connectivity index (χ1) is 27.7. The molecule has 2 aromatic heterocycles. The topological polar surface area (TPSA) is 124 Å². The van der Waals surface area contributed by atoms with Gasteiger partial charge in [-0.1, -0.05) is 42.5 Å². The molecule has 1 amide bonds. The third-order valence-electron chi connectivity index (χ3n) is 9.80. The van der Waals surface area contributed by atoms with Gasteiger partial charge in [-0.3, -0.25) is 4.79 Å². The van der Waals surface area contributed by atoms with Crippen LogP contribution in [0.5, 0.6) is 17.2 Å². The fraction of sp³-hybridized carbons (Fsp3) is 0.295. The van der Waals surface area contributed by atoms with Crippen molar-refractivity contribution in [1.29, 1.82) is 0 Å². The van der Waals surface area contributed by atoms with E-state index in [0.29, 0.717) is 55.2 Å². The first-order valence-electron chi connectivity index (χ1n) is 18.8. The van der Waals surface area contributed by atoms with Crippen molar-refractivity contribution in [3.05, 3.63) is 114 Å². The Balaban J connectivity index is 1.19. The Morgan fingerprint density at radius 2 is 1.68 bits per heavy atom. The summed E-state index contributed by atoms with van der Waals surface area (Å²) in [6, 6.07) is 27.9. The Morgan fingerprint density at radius 3 is 2.42 bits per heavy atom. The Kier molecular flexibility index (Phi) is 12.2. The van der Waals surface area contributed by atoms with Crippen LogP contribution in [-0.4, -0.2) is 87.0 Å². The molecule has 13 heteroatoms. The number of benzene rings is 4. The number of rotatable bonds is 16. The number of amides is 1. The molecular weight excluding hydrogens is 723 g/mol. The van der Waals surface area contributed by atoms with Crippen molar-refractivity contribution < 1.29 is 28.5 Å². The molecule has 0 radical (unpaired) electrons. The number of anilines is 4. The van der Waals surface area contributed by atoms with Crippen molar-refractivity contribution >= 4 is 39.8 Å². The molecule has 2 N–H and O–H groups in total. The van der Waals surface area contributed by atoms with E-state index in [9.17, 15) is 4.79 Å². The van der Waals surface area contributed by atoms with Gasteiger partial charge in [0.2, 0.25) is 11.9 Å². The normalized spacial score (nSPS) is 12.9. The number of para-hydroxylation sites is 1. The highest BCUT2D eigenvalue weighted by atomic mass is 16.7. The van der Waals surface area contributed by atoms with Gasteiger partial charge in [-0.05, 0) is 61.6 Å². The Bertz CT molecular complexity index is 2320. The van der Waals surface area contributed by atoms with Crippen LogP contribution >= 0.6 is 0 Å². The van der Waals surface area contributed by atoms with Gasteiger partial charge in [-0.25, -0.2) is 9.97 Å². The Morgan fingerprint density at radius 1 is 0.895 bits per heavy atom. The molecule has 3 heterocycles. The van der Waals surface area contributed by atoms with Gasteiger partial charge in [-0.2, -0.15) is 0 Å². The summed E-state index contributed by atoms with van der Waals surface area (Å²) in [5.74, 6) is 2.30. The molecule has 1 saturated heterocycles. The summed E-state index contributed by atoms with van der Waals surface area (Å²) in [6.45, 7) is 5.02. The van der Waals surface area contributed by atoms with E-state index in [-0.39, 0.29) is 5.91 Å². The molecule has 1 fully saturated rings. The number of likely N-dealkylation sites (N-methyl/N-ethyl adjacent to an activating group) is 2. The first kappa shape index (κ1) is 39.1. The molecule has 4 aromatic carbocycles. The van der Waals surface area contributed by atoms with Crippen molar-refractivity contribution in [2.45, 2.75) is 26.4 Å². The number of carbonyl (C=O) groups is 1. The van der Waals surface area contributed by atoms with Crippen LogP contribution in [0.1, 0.15) is 29.9 Å². The lowest BCUT2D eigenvalue weighted by Crippen LogP contribution is -2.29. The van der Waals surface area contributed by atoms with Crippen molar-refractivity contribution in [2.75, 3.05) is 77.2 Å². The third kappa shape index (κ3) is 9.12. The SMILES string of the molecule is COc1ccc(COc2cccc(Cn3cc(-c4ccnc(Nc5cc(NC(C)=O)c(N(C)CCN(C)C)cc5OC)n4)c4ccccc43)c2C2OCCO2)cc1. The number of methoxy groups -OCH3 is 2. The van der Waals surface area contributed by atoms with Gasteiger partial charge in [0.15, 0.2) is 6.29 Å². The van der Waals surface area contributed by atoms with Gasteiger partial charge in [0.05, 0.1) is 55.8 Å². The maximum atomic E-state index is 12.3. The summed E-state index contributed by atoms with van der Waals surface area (Å²) in [5.41, 5.74) is 7.73. The average Bonchev–Trinajstić information content (AvgIpc) is 3.88. The zero-order valence-corrected chi connectivity index (χ0v) is 33.2. The summed E-state index contributed by atoms with van der Waals surface area (Å²) < 4.78 is 31.9. The number of aromatic nitrogens is 3. The highest BCUT2D eigenvalue weighted by Gasteiger charge is 2.26. The van der Waals surface area contributed by atoms with Crippen LogP contribution in [0.25, 0.3) is 22.2 Å². The highest BCUT2D eigenvalue weighted by Crippen LogP contribution is 2.39. The second kappa shape index (κ2) is 17.8. The zero-order valence-electron chi connectivity index (χ0n) is 33.2. The molecule has 1 aliphatic heterocycles. The number of nitrogens with zero attached hydrogens (tertiary/aromatic N) is 5. The molecule has 7 rings (SSSR count). The molecule has 0 unspecified atom stereocenters. The van der Waals surface area contributed by atoms with E-state index in [1.54, 1.807) is 20.4 Å². The van der Waals surface area contributed by atoms with Crippen LogP contribution in [0.3, 0.4) is 0 Å². The monoisotopic (exact) mass is 771 g/mol. The largest absolute Gasteiger partial charge is 0.497 e. The molecule has 6 aromatic rings. The molecule has 0 aliphatic carbocycles. The average molecular weight is 772 g/mol. The first-order valence-corrected chi connectivity index (χ1v) is 18.8.